The molecule has 2 heterocycles. The van der Waals surface area contributed by atoms with Crippen molar-refractivity contribution >= 4 is 16.7 Å². The van der Waals surface area contributed by atoms with E-state index in [1.54, 1.807) is 12.4 Å². The number of aromatic nitrogens is 3. The highest BCUT2D eigenvalue weighted by molar-refractivity contribution is 5.94. The van der Waals surface area contributed by atoms with Gasteiger partial charge in [0.25, 0.3) is 0 Å². The standard InChI is InChI=1S/C21H18N4O2/c26-19(23-14-15-5-4-12-22-13-15)10-11-20-24-21(25-27-20)18-9-3-7-16-6-1-2-8-17(16)18/h1-9,12-13H,10-11,14H2,(H,23,26). The summed E-state index contributed by atoms with van der Waals surface area (Å²) in [5.74, 6) is 0.927. The average Bonchev–Trinajstić information content (AvgIpc) is 3.20. The average molecular weight is 358 g/mol. The predicted molar refractivity (Wildman–Crippen MR) is 102 cm³/mol. The summed E-state index contributed by atoms with van der Waals surface area (Å²) in [6.07, 6.45) is 4.12. The molecule has 0 aliphatic carbocycles. The van der Waals surface area contributed by atoms with Crippen LogP contribution in [-0.2, 0) is 17.8 Å². The van der Waals surface area contributed by atoms with Gasteiger partial charge in [-0.15, -0.1) is 0 Å². The van der Waals surface area contributed by atoms with E-state index in [0.717, 1.165) is 21.9 Å². The molecule has 4 aromatic rings. The van der Waals surface area contributed by atoms with Crippen molar-refractivity contribution in [3.05, 3.63) is 78.4 Å². The number of amides is 1. The van der Waals surface area contributed by atoms with Crippen LogP contribution in [-0.4, -0.2) is 21.0 Å². The van der Waals surface area contributed by atoms with Gasteiger partial charge in [0, 0.05) is 37.3 Å². The fraction of sp³-hybridized carbons (Fsp3) is 0.143. The third-order valence-corrected chi connectivity index (χ3v) is 4.28. The minimum Gasteiger partial charge on any atom is -0.352 e. The van der Waals surface area contributed by atoms with Gasteiger partial charge < -0.3 is 9.84 Å². The van der Waals surface area contributed by atoms with E-state index in [2.05, 4.69) is 20.4 Å². The number of hydrogen-bond donors (Lipinski definition) is 1. The molecular weight excluding hydrogens is 340 g/mol. The van der Waals surface area contributed by atoms with E-state index in [-0.39, 0.29) is 12.3 Å². The first kappa shape index (κ1) is 16.9. The Bertz CT molecular complexity index is 1050. The van der Waals surface area contributed by atoms with Crippen LogP contribution in [0.1, 0.15) is 17.9 Å². The van der Waals surface area contributed by atoms with E-state index in [1.165, 1.54) is 0 Å². The molecule has 0 aliphatic rings. The Morgan fingerprint density at radius 2 is 1.93 bits per heavy atom. The number of benzene rings is 2. The van der Waals surface area contributed by atoms with Crippen molar-refractivity contribution in [1.29, 1.82) is 0 Å². The molecule has 0 fully saturated rings. The molecule has 0 saturated heterocycles. The Morgan fingerprint density at radius 1 is 1.04 bits per heavy atom. The lowest BCUT2D eigenvalue weighted by molar-refractivity contribution is -0.121. The number of nitrogens with one attached hydrogen (secondary N) is 1. The monoisotopic (exact) mass is 358 g/mol. The van der Waals surface area contributed by atoms with Gasteiger partial charge in [-0.25, -0.2) is 0 Å². The zero-order chi connectivity index (χ0) is 18.5. The van der Waals surface area contributed by atoms with Crippen molar-refractivity contribution in [3.63, 3.8) is 0 Å². The number of carbonyl (C=O) groups is 1. The van der Waals surface area contributed by atoms with Crippen molar-refractivity contribution in [2.24, 2.45) is 0 Å². The van der Waals surface area contributed by atoms with E-state index in [0.29, 0.717) is 24.7 Å². The number of hydrogen-bond acceptors (Lipinski definition) is 5. The number of nitrogens with zero attached hydrogens (tertiary/aromatic N) is 3. The van der Waals surface area contributed by atoms with Crippen molar-refractivity contribution in [3.8, 4) is 11.4 Å². The van der Waals surface area contributed by atoms with Crippen molar-refractivity contribution in [2.45, 2.75) is 19.4 Å². The summed E-state index contributed by atoms with van der Waals surface area (Å²) in [4.78, 5) is 20.5. The molecule has 1 amide bonds. The van der Waals surface area contributed by atoms with E-state index >= 15 is 0 Å². The van der Waals surface area contributed by atoms with Crippen molar-refractivity contribution in [1.82, 2.24) is 20.4 Å². The lowest BCUT2D eigenvalue weighted by atomic mass is 10.0. The zero-order valence-corrected chi connectivity index (χ0v) is 14.6. The molecule has 4 rings (SSSR count). The third kappa shape index (κ3) is 4.00. The van der Waals surface area contributed by atoms with Gasteiger partial charge in [-0.05, 0) is 22.4 Å². The predicted octanol–water partition coefficient (Wildman–Crippen LogP) is 3.53. The number of fused-ring (bicyclic) bond motifs is 1. The van der Waals surface area contributed by atoms with Gasteiger partial charge in [0.15, 0.2) is 0 Å². The highest BCUT2D eigenvalue weighted by atomic mass is 16.5. The van der Waals surface area contributed by atoms with Crippen LogP contribution < -0.4 is 5.32 Å². The van der Waals surface area contributed by atoms with E-state index in [4.69, 9.17) is 4.52 Å². The van der Waals surface area contributed by atoms with Crippen LogP contribution in [0.5, 0.6) is 0 Å². The van der Waals surface area contributed by atoms with Crippen LogP contribution in [0, 0.1) is 0 Å². The molecule has 134 valence electrons. The number of pyridine rings is 1. The second-order valence-corrected chi connectivity index (χ2v) is 6.18. The fourth-order valence-electron chi connectivity index (χ4n) is 2.90. The zero-order valence-electron chi connectivity index (χ0n) is 14.6. The summed E-state index contributed by atoms with van der Waals surface area (Å²) in [7, 11) is 0. The number of aryl methyl sites for hydroxylation is 1. The Morgan fingerprint density at radius 3 is 2.81 bits per heavy atom. The second-order valence-electron chi connectivity index (χ2n) is 6.18. The molecule has 2 aromatic carbocycles. The Labute approximate surface area is 156 Å². The molecule has 0 atom stereocenters. The SMILES string of the molecule is O=C(CCc1nc(-c2cccc3ccccc23)no1)NCc1cccnc1. The summed E-state index contributed by atoms with van der Waals surface area (Å²) < 4.78 is 5.33. The minimum absolute atomic E-state index is 0.0660. The molecule has 0 bridgehead atoms. The quantitative estimate of drug-likeness (QED) is 0.570. The van der Waals surface area contributed by atoms with Crippen molar-refractivity contribution < 1.29 is 9.32 Å². The molecule has 0 unspecified atom stereocenters. The van der Waals surface area contributed by atoms with Gasteiger partial charge in [-0.2, -0.15) is 4.98 Å². The van der Waals surface area contributed by atoms with Gasteiger partial charge in [0.2, 0.25) is 17.6 Å². The number of carbonyl (C=O) groups excluding carboxylic acids is 1. The topological polar surface area (TPSA) is 80.9 Å². The fourth-order valence-corrected chi connectivity index (χ4v) is 2.90. The molecule has 6 heteroatoms. The summed E-state index contributed by atoms with van der Waals surface area (Å²) in [5, 5.41) is 9.14. The van der Waals surface area contributed by atoms with Crippen molar-refractivity contribution in [2.75, 3.05) is 0 Å². The maximum absolute atomic E-state index is 12.0. The summed E-state index contributed by atoms with van der Waals surface area (Å²) >= 11 is 0. The van der Waals surface area contributed by atoms with E-state index in [9.17, 15) is 4.79 Å². The van der Waals surface area contributed by atoms with Crippen LogP contribution in [0.4, 0.5) is 0 Å². The van der Waals surface area contributed by atoms with Crippen LogP contribution >= 0.6 is 0 Å². The van der Waals surface area contributed by atoms with E-state index < -0.39 is 0 Å². The molecule has 1 N–H and O–H groups in total. The summed E-state index contributed by atoms with van der Waals surface area (Å²) in [5.41, 5.74) is 1.88. The highest BCUT2D eigenvalue weighted by Crippen LogP contribution is 2.26. The molecule has 2 aromatic heterocycles. The molecule has 0 aliphatic heterocycles. The second kappa shape index (κ2) is 7.78. The van der Waals surface area contributed by atoms with Gasteiger partial charge in [0.1, 0.15) is 0 Å². The van der Waals surface area contributed by atoms with Gasteiger partial charge >= 0.3 is 0 Å². The Balaban J connectivity index is 1.39. The first-order valence-electron chi connectivity index (χ1n) is 8.76. The van der Waals surface area contributed by atoms with Gasteiger partial charge in [-0.1, -0.05) is 53.7 Å². The molecule has 27 heavy (non-hydrogen) atoms. The summed E-state index contributed by atoms with van der Waals surface area (Å²) in [6, 6.07) is 17.8. The first-order valence-corrected chi connectivity index (χ1v) is 8.76. The first-order chi connectivity index (χ1) is 13.3. The van der Waals surface area contributed by atoms with Gasteiger partial charge in [0.05, 0.1) is 0 Å². The third-order valence-electron chi connectivity index (χ3n) is 4.28. The molecule has 0 radical (unpaired) electrons. The largest absolute Gasteiger partial charge is 0.352 e. The van der Waals surface area contributed by atoms with E-state index in [1.807, 2.05) is 54.6 Å². The summed E-state index contributed by atoms with van der Waals surface area (Å²) in [6.45, 7) is 0.456. The minimum atomic E-state index is -0.0660. The molecule has 0 spiro atoms. The molecular formula is C21H18N4O2. The van der Waals surface area contributed by atoms with Crippen LogP contribution in [0.2, 0.25) is 0 Å². The number of rotatable bonds is 6. The molecule has 0 saturated carbocycles. The van der Waals surface area contributed by atoms with Crippen LogP contribution in [0.3, 0.4) is 0 Å². The Hall–Kier alpha value is -3.54. The Kier molecular flexibility index (Phi) is 4.87. The van der Waals surface area contributed by atoms with Gasteiger partial charge in [-0.3, -0.25) is 9.78 Å². The maximum atomic E-state index is 12.0. The normalized spacial score (nSPS) is 10.8. The van der Waals surface area contributed by atoms with Crippen LogP contribution in [0.15, 0.2) is 71.5 Å². The highest BCUT2D eigenvalue weighted by Gasteiger charge is 2.12. The lowest BCUT2D eigenvalue weighted by Crippen LogP contribution is -2.23. The van der Waals surface area contributed by atoms with Crippen LogP contribution in [0.25, 0.3) is 22.2 Å². The smallest absolute Gasteiger partial charge is 0.227 e. The molecule has 6 nitrogen and oxygen atoms in total. The maximum Gasteiger partial charge on any atom is 0.227 e. The lowest BCUT2D eigenvalue weighted by Gasteiger charge is -2.03.